The number of aryl methyl sites for hydroxylation is 1. The van der Waals surface area contributed by atoms with Gasteiger partial charge >= 0.3 is 5.97 Å². The highest BCUT2D eigenvalue weighted by molar-refractivity contribution is 7.17. The van der Waals surface area contributed by atoms with Gasteiger partial charge < -0.3 is 15.0 Å². The molecule has 0 bridgehead atoms. The Hall–Kier alpha value is -3.11. The van der Waals surface area contributed by atoms with Crippen LogP contribution in [0.3, 0.4) is 0 Å². The molecule has 33 heavy (non-hydrogen) atoms. The van der Waals surface area contributed by atoms with Crippen LogP contribution in [-0.2, 0) is 22.4 Å². The van der Waals surface area contributed by atoms with Crippen LogP contribution in [0, 0.1) is 11.3 Å². The minimum atomic E-state index is -0.512. The van der Waals surface area contributed by atoms with Crippen LogP contribution in [-0.4, -0.2) is 31.6 Å². The van der Waals surface area contributed by atoms with Crippen molar-refractivity contribution in [3.05, 3.63) is 51.4 Å². The van der Waals surface area contributed by atoms with E-state index in [1.807, 2.05) is 30.3 Å². The Labute approximate surface area is 198 Å². The number of piperidine rings is 1. The van der Waals surface area contributed by atoms with Crippen molar-refractivity contribution in [2.24, 2.45) is 0 Å². The van der Waals surface area contributed by atoms with E-state index in [1.165, 1.54) is 30.6 Å². The van der Waals surface area contributed by atoms with Crippen LogP contribution in [0.5, 0.6) is 0 Å². The molecule has 1 amide bonds. The number of nitriles is 1. The van der Waals surface area contributed by atoms with Gasteiger partial charge in [0.15, 0.2) is 0 Å². The standard InChI is InChI=1S/C26H29N3O3S/c1-2-32-26(31)23-21-8-4-5-9-22(21)33-25(23)28-24(30)19(17-27)16-18-10-12-20(13-11-18)29-14-6-3-7-15-29/h10-13,16H,2-9,14-15H2,1H3,(H,28,30)/b19-16+. The van der Waals surface area contributed by atoms with Gasteiger partial charge in [-0.3, -0.25) is 4.79 Å². The van der Waals surface area contributed by atoms with Gasteiger partial charge in [0.1, 0.15) is 16.6 Å². The zero-order valence-electron chi connectivity index (χ0n) is 19.0. The predicted molar refractivity (Wildman–Crippen MR) is 132 cm³/mol. The highest BCUT2D eigenvalue weighted by atomic mass is 32.1. The summed E-state index contributed by atoms with van der Waals surface area (Å²) in [6.45, 7) is 4.17. The van der Waals surface area contributed by atoms with Crippen molar-refractivity contribution in [3.8, 4) is 6.07 Å². The third-order valence-corrected chi connectivity index (χ3v) is 7.38. The highest BCUT2D eigenvalue weighted by Crippen LogP contribution is 2.38. The van der Waals surface area contributed by atoms with Crippen LogP contribution in [0.15, 0.2) is 29.8 Å². The Bertz CT molecular complexity index is 1090. The molecule has 2 aromatic rings. The van der Waals surface area contributed by atoms with Crippen molar-refractivity contribution in [3.63, 3.8) is 0 Å². The first kappa shape index (κ1) is 23.1. The van der Waals surface area contributed by atoms with E-state index in [0.717, 1.165) is 60.5 Å². The fourth-order valence-corrected chi connectivity index (χ4v) is 5.76. The van der Waals surface area contributed by atoms with E-state index in [1.54, 1.807) is 13.0 Å². The molecule has 1 aromatic heterocycles. The molecule has 6 nitrogen and oxygen atoms in total. The Morgan fingerprint density at radius 1 is 1.12 bits per heavy atom. The maximum absolute atomic E-state index is 13.0. The lowest BCUT2D eigenvalue weighted by Gasteiger charge is -2.28. The van der Waals surface area contributed by atoms with Crippen molar-refractivity contribution in [2.75, 3.05) is 29.9 Å². The zero-order valence-corrected chi connectivity index (χ0v) is 19.8. The molecule has 0 radical (unpaired) electrons. The van der Waals surface area contributed by atoms with Gasteiger partial charge in [0.25, 0.3) is 5.91 Å². The van der Waals surface area contributed by atoms with Gasteiger partial charge in [0, 0.05) is 23.7 Å². The van der Waals surface area contributed by atoms with Gasteiger partial charge in [0.05, 0.1) is 12.2 Å². The molecular weight excluding hydrogens is 434 g/mol. The molecule has 4 rings (SSSR count). The third-order valence-electron chi connectivity index (χ3n) is 6.17. The molecule has 0 unspecified atom stereocenters. The molecule has 2 aliphatic rings. The Balaban J connectivity index is 1.53. The third kappa shape index (κ3) is 5.28. The van der Waals surface area contributed by atoms with Crippen molar-refractivity contribution >= 4 is 40.0 Å². The molecule has 1 saturated heterocycles. The molecule has 1 aromatic carbocycles. The summed E-state index contributed by atoms with van der Waals surface area (Å²) in [4.78, 5) is 29.1. The molecule has 172 valence electrons. The van der Waals surface area contributed by atoms with Gasteiger partial charge in [-0.25, -0.2) is 4.79 Å². The lowest BCUT2D eigenvalue weighted by atomic mass is 9.95. The first-order valence-electron chi connectivity index (χ1n) is 11.7. The van der Waals surface area contributed by atoms with Crippen molar-refractivity contribution < 1.29 is 14.3 Å². The SMILES string of the molecule is CCOC(=O)c1c(NC(=O)/C(C#N)=C/c2ccc(N3CCCCC3)cc2)sc2c1CCCC2. The number of hydrogen-bond donors (Lipinski definition) is 1. The summed E-state index contributed by atoms with van der Waals surface area (Å²) in [5, 5.41) is 12.9. The molecule has 1 aliphatic carbocycles. The first-order chi connectivity index (χ1) is 16.1. The molecule has 0 atom stereocenters. The number of rotatable bonds is 6. The lowest BCUT2D eigenvalue weighted by Crippen LogP contribution is -2.29. The van der Waals surface area contributed by atoms with Gasteiger partial charge in [-0.2, -0.15) is 5.26 Å². The number of carbonyl (C=O) groups excluding carboxylic acids is 2. The number of benzene rings is 1. The van der Waals surface area contributed by atoms with Crippen LogP contribution < -0.4 is 10.2 Å². The predicted octanol–water partition coefficient (Wildman–Crippen LogP) is 5.34. The minimum absolute atomic E-state index is 0.00176. The monoisotopic (exact) mass is 463 g/mol. The lowest BCUT2D eigenvalue weighted by molar-refractivity contribution is -0.112. The molecule has 2 heterocycles. The number of anilines is 2. The van der Waals surface area contributed by atoms with E-state index in [4.69, 9.17) is 4.74 Å². The number of carbonyl (C=O) groups is 2. The Morgan fingerprint density at radius 2 is 1.85 bits per heavy atom. The van der Waals surface area contributed by atoms with Crippen LogP contribution >= 0.6 is 11.3 Å². The number of fused-ring (bicyclic) bond motifs is 1. The second-order valence-corrected chi connectivity index (χ2v) is 9.50. The average molecular weight is 464 g/mol. The van der Waals surface area contributed by atoms with E-state index in [0.29, 0.717) is 10.6 Å². The molecule has 1 aliphatic heterocycles. The van der Waals surface area contributed by atoms with Crippen LogP contribution in [0.4, 0.5) is 10.7 Å². The smallest absolute Gasteiger partial charge is 0.341 e. The zero-order chi connectivity index (χ0) is 23.2. The van der Waals surface area contributed by atoms with Gasteiger partial charge in [-0.1, -0.05) is 12.1 Å². The summed E-state index contributed by atoms with van der Waals surface area (Å²) < 4.78 is 5.25. The number of amides is 1. The molecule has 1 fully saturated rings. The summed E-state index contributed by atoms with van der Waals surface area (Å²) in [6.07, 6.45) is 9.07. The topological polar surface area (TPSA) is 82.4 Å². The minimum Gasteiger partial charge on any atom is -0.462 e. The van der Waals surface area contributed by atoms with E-state index >= 15 is 0 Å². The number of hydrogen-bond acceptors (Lipinski definition) is 6. The van der Waals surface area contributed by atoms with E-state index in [9.17, 15) is 14.9 Å². The van der Waals surface area contributed by atoms with E-state index in [2.05, 4.69) is 10.2 Å². The largest absolute Gasteiger partial charge is 0.462 e. The van der Waals surface area contributed by atoms with Gasteiger partial charge in [0.2, 0.25) is 0 Å². The van der Waals surface area contributed by atoms with Crippen LogP contribution in [0.2, 0.25) is 0 Å². The van der Waals surface area contributed by atoms with Crippen molar-refractivity contribution in [1.29, 1.82) is 5.26 Å². The molecule has 0 saturated carbocycles. The Kier molecular flexibility index (Phi) is 7.46. The van der Waals surface area contributed by atoms with Gasteiger partial charge in [-0.05, 0) is 81.2 Å². The van der Waals surface area contributed by atoms with Gasteiger partial charge in [-0.15, -0.1) is 11.3 Å². The second-order valence-electron chi connectivity index (χ2n) is 8.40. The van der Waals surface area contributed by atoms with E-state index < -0.39 is 11.9 Å². The number of nitrogens with zero attached hydrogens (tertiary/aromatic N) is 2. The Morgan fingerprint density at radius 3 is 2.55 bits per heavy atom. The first-order valence-corrected chi connectivity index (χ1v) is 12.5. The normalized spacial score (nSPS) is 16.0. The number of thiophene rings is 1. The second kappa shape index (κ2) is 10.7. The quantitative estimate of drug-likeness (QED) is 0.355. The number of esters is 1. The summed E-state index contributed by atoms with van der Waals surface area (Å²) in [7, 11) is 0. The molecule has 0 spiro atoms. The fraction of sp³-hybridized carbons (Fsp3) is 0.423. The average Bonchev–Trinajstić information content (AvgIpc) is 3.21. The maximum Gasteiger partial charge on any atom is 0.341 e. The summed E-state index contributed by atoms with van der Waals surface area (Å²) in [5.74, 6) is -0.926. The highest BCUT2D eigenvalue weighted by Gasteiger charge is 2.27. The summed E-state index contributed by atoms with van der Waals surface area (Å²) >= 11 is 1.42. The summed E-state index contributed by atoms with van der Waals surface area (Å²) in [6, 6.07) is 9.95. The van der Waals surface area contributed by atoms with Crippen molar-refractivity contribution in [1.82, 2.24) is 0 Å². The maximum atomic E-state index is 13.0. The number of nitrogens with one attached hydrogen (secondary N) is 1. The molecule has 7 heteroatoms. The number of ether oxygens (including phenoxy) is 1. The van der Waals surface area contributed by atoms with E-state index in [-0.39, 0.29) is 12.2 Å². The fourth-order valence-electron chi connectivity index (χ4n) is 4.49. The van der Waals surface area contributed by atoms with Crippen LogP contribution in [0.1, 0.15) is 65.4 Å². The molecular formula is C26H29N3O3S. The summed E-state index contributed by atoms with van der Waals surface area (Å²) in [5.41, 5.74) is 3.39. The van der Waals surface area contributed by atoms with Crippen molar-refractivity contribution in [2.45, 2.75) is 51.9 Å². The van der Waals surface area contributed by atoms with Crippen LogP contribution in [0.25, 0.3) is 6.08 Å². The molecule has 1 N–H and O–H groups in total.